The molecule has 25 heavy (non-hydrogen) atoms. The molecule has 0 unspecified atom stereocenters. The van der Waals surface area contributed by atoms with Gasteiger partial charge in [-0.1, -0.05) is 0 Å². The Labute approximate surface area is 145 Å². The molecule has 8 heteroatoms. The minimum Gasteiger partial charge on any atom is -0.496 e. The van der Waals surface area contributed by atoms with E-state index in [4.69, 9.17) is 14.2 Å². The van der Waals surface area contributed by atoms with Crippen LogP contribution in [0.3, 0.4) is 0 Å². The van der Waals surface area contributed by atoms with Crippen LogP contribution in [-0.2, 0) is 12.8 Å². The van der Waals surface area contributed by atoms with Crippen molar-refractivity contribution in [2.45, 2.75) is 19.3 Å². The minimum absolute atomic E-state index is 0.345. The number of fused-ring (bicyclic) bond motifs is 1. The lowest BCUT2D eigenvalue weighted by molar-refractivity contribution is 0.0949. The minimum atomic E-state index is -0.345. The number of aromatic nitrogens is 2. The van der Waals surface area contributed by atoms with Gasteiger partial charge in [-0.05, 0) is 19.3 Å². The highest BCUT2D eigenvalue weighted by atomic mass is 16.5. The van der Waals surface area contributed by atoms with Crippen molar-refractivity contribution in [3.63, 3.8) is 0 Å². The third kappa shape index (κ3) is 3.28. The first-order valence-corrected chi connectivity index (χ1v) is 7.87. The summed E-state index contributed by atoms with van der Waals surface area (Å²) in [7, 11) is 4.64. The maximum atomic E-state index is 12.3. The van der Waals surface area contributed by atoms with Crippen LogP contribution in [-0.4, -0.2) is 43.6 Å². The second-order valence-electron chi connectivity index (χ2n) is 5.53. The van der Waals surface area contributed by atoms with Crippen molar-refractivity contribution in [1.82, 2.24) is 15.6 Å². The number of aromatic amines is 1. The number of carbonyl (C=O) groups is 1. The zero-order valence-corrected chi connectivity index (χ0v) is 14.4. The molecule has 0 bridgehead atoms. The summed E-state index contributed by atoms with van der Waals surface area (Å²) in [5, 5.41) is 11.0. The smallest absolute Gasteiger partial charge is 0.292 e. The predicted molar refractivity (Wildman–Crippen MR) is 91.8 cm³/mol. The van der Waals surface area contributed by atoms with Gasteiger partial charge >= 0.3 is 0 Å². The van der Waals surface area contributed by atoms with Gasteiger partial charge in [0.25, 0.3) is 5.91 Å². The predicted octanol–water partition coefficient (Wildman–Crippen LogP) is 1.69. The Morgan fingerprint density at radius 2 is 1.92 bits per heavy atom. The number of nitrogens with one attached hydrogen (secondary N) is 2. The zero-order chi connectivity index (χ0) is 17.8. The average molecular weight is 344 g/mol. The Morgan fingerprint density at radius 3 is 2.56 bits per heavy atom. The summed E-state index contributed by atoms with van der Waals surface area (Å²) < 4.78 is 15.9. The second-order valence-corrected chi connectivity index (χ2v) is 5.53. The van der Waals surface area contributed by atoms with E-state index in [1.165, 1.54) is 20.4 Å². The standard InChI is InChI=1S/C17H20N4O4/c1-23-10-7-14(24-2)12(15(8-10)25-3)9-18-21-17(22)16-11-5-4-6-13(11)19-20-16/h7-9H,4-6H2,1-3H3,(H,19,20)(H,21,22). The lowest BCUT2D eigenvalue weighted by Gasteiger charge is -2.12. The number of H-pyrrole nitrogens is 1. The Balaban J connectivity index is 1.78. The molecule has 0 saturated heterocycles. The van der Waals surface area contributed by atoms with E-state index < -0.39 is 0 Å². The normalized spacial score (nSPS) is 12.9. The van der Waals surface area contributed by atoms with Crippen LogP contribution in [0.1, 0.15) is 33.7 Å². The van der Waals surface area contributed by atoms with E-state index in [-0.39, 0.29) is 5.91 Å². The van der Waals surface area contributed by atoms with E-state index in [1.54, 1.807) is 19.2 Å². The maximum Gasteiger partial charge on any atom is 0.292 e. The number of ether oxygens (including phenoxy) is 3. The van der Waals surface area contributed by atoms with Gasteiger partial charge in [0.05, 0.1) is 33.1 Å². The Bertz CT molecular complexity index is 788. The number of benzene rings is 1. The fraction of sp³-hybridized carbons (Fsp3) is 0.353. The number of amides is 1. The van der Waals surface area contributed by atoms with Crippen LogP contribution < -0.4 is 19.6 Å². The van der Waals surface area contributed by atoms with E-state index in [9.17, 15) is 4.79 Å². The molecule has 8 nitrogen and oxygen atoms in total. The highest BCUT2D eigenvalue weighted by Crippen LogP contribution is 2.32. The van der Waals surface area contributed by atoms with Gasteiger partial charge in [0, 0.05) is 23.4 Å². The molecule has 0 fully saturated rings. The van der Waals surface area contributed by atoms with Crippen LogP contribution in [0.4, 0.5) is 0 Å². The first kappa shape index (κ1) is 16.8. The van der Waals surface area contributed by atoms with Gasteiger partial charge in [-0.15, -0.1) is 0 Å². The van der Waals surface area contributed by atoms with Crippen molar-refractivity contribution in [3.05, 3.63) is 34.6 Å². The third-order valence-electron chi connectivity index (χ3n) is 4.13. The molecule has 0 spiro atoms. The van der Waals surface area contributed by atoms with Crippen molar-refractivity contribution < 1.29 is 19.0 Å². The van der Waals surface area contributed by atoms with Crippen LogP contribution in [0.25, 0.3) is 0 Å². The molecule has 0 radical (unpaired) electrons. The molecular weight excluding hydrogens is 324 g/mol. The maximum absolute atomic E-state index is 12.3. The Morgan fingerprint density at radius 1 is 1.20 bits per heavy atom. The molecule has 1 aliphatic rings. The molecule has 132 valence electrons. The number of aryl methyl sites for hydroxylation is 1. The molecule has 1 heterocycles. The van der Waals surface area contributed by atoms with E-state index in [1.807, 2.05) is 0 Å². The quantitative estimate of drug-likeness (QED) is 0.614. The largest absolute Gasteiger partial charge is 0.496 e. The highest BCUT2D eigenvalue weighted by molar-refractivity contribution is 5.95. The Kier molecular flexibility index (Phi) is 4.87. The van der Waals surface area contributed by atoms with Crippen LogP contribution in [0.5, 0.6) is 17.2 Å². The Hall–Kier alpha value is -3.03. The number of hydrazone groups is 1. The number of carbonyl (C=O) groups excluding carboxylic acids is 1. The summed E-state index contributed by atoms with van der Waals surface area (Å²) in [5.74, 6) is 1.30. The number of hydrogen-bond acceptors (Lipinski definition) is 6. The molecular formula is C17H20N4O4. The van der Waals surface area contributed by atoms with Gasteiger partial charge in [-0.25, -0.2) is 5.43 Å². The molecule has 3 rings (SSSR count). The molecule has 1 amide bonds. The van der Waals surface area contributed by atoms with Crippen molar-refractivity contribution in [1.29, 1.82) is 0 Å². The third-order valence-corrected chi connectivity index (χ3v) is 4.13. The van der Waals surface area contributed by atoms with Crippen LogP contribution >= 0.6 is 0 Å². The molecule has 0 atom stereocenters. The molecule has 2 aromatic rings. The molecule has 0 aliphatic heterocycles. The number of rotatable bonds is 6. The number of nitrogens with zero attached hydrogens (tertiary/aromatic N) is 2. The van der Waals surface area contributed by atoms with Gasteiger partial charge in [0.1, 0.15) is 17.2 Å². The average Bonchev–Trinajstić information content (AvgIpc) is 3.24. The molecule has 0 saturated carbocycles. The SMILES string of the molecule is COc1cc(OC)c(C=NNC(=O)c2n[nH]c3c2CCC3)c(OC)c1. The van der Waals surface area contributed by atoms with Crippen molar-refractivity contribution in [2.75, 3.05) is 21.3 Å². The zero-order valence-electron chi connectivity index (χ0n) is 14.4. The lowest BCUT2D eigenvalue weighted by Crippen LogP contribution is -2.19. The monoisotopic (exact) mass is 344 g/mol. The lowest BCUT2D eigenvalue weighted by atomic mass is 10.2. The first-order chi connectivity index (χ1) is 12.2. The fourth-order valence-electron chi connectivity index (χ4n) is 2.88. The summed E-state index contributed by atoms with van der Waals surface area (Å²) in [6, 6.07) is 3.43. The second kappa shape index (κ2) is 7.25. The summed E-state index contributed by atoms with van der Waals surface area (Å²) in [6.07, 6.45) is 4.30. The van der Waals surface area contributed by atoms with E-state index >= 15 is 0 Å². The summed E-state index contributed by atoms with van der Waals surface area (Å²) in [5.41, 5.74) is 5.51. The molecule has 1 aromatic heterocycles. The van der Waals surface area contributed by atoms with Crippen molar-refractivity contribution >= 4 is 12.1 Å². The number of hydrogen-bond donors (Lipinski definition) is 2. The van der Waals surface area contributed by atoms with Gasteiger partial charge in [-0.2, -0.15) is 10.2 Å². The summed E-state index contributed by atoms with van der Waals surface area (Å²) in [4.78, 5) is 12.3. The molecule has 1 aromatic carbocycles. The van der Waals surface area contributed by atoms with Crippen molar-refractivity contribution in [2.24, 2.45) is 5.10 Å². The number of methoxy groups -OCH3 is 3. The topological polar surface area (TPSA) is 97.8 Å². The van der Waals surface area contributed by atoms with Gasteiger partial charge in [-0.3, -0.25) is 9.89 Å². The van der Waals surface area contributed by atoms with Crippen molar-refractivity contribution in [3.8, 4) is 17.2 Å². The van der Waals surface area contributed by atoms with Gasteiger partial charge in [0.15, 0.2) is 5.69 Å². The van der Waals surface area contributed by atoms with E-state index in [0.717, 1.165) is 30.5 Å². The van der Waals surface area contributed by atoms with Gasteiger partial charge < -0.3 is 14.2 Å². The molecule has 2 N–H and O–H groups in total. The van der Waals surface area contributed by atoms with Crippen LogP contribution in [0, 0.1) is 0 Å². The summed E-state index contributed by atoms with van der Waals surface area (Å²) in [6.45, 7) is 0. The fourth-order valence-corrected chi connectivity index (χ4v) is 2.88. The highest BCUT2D eigenvalue weighted by Gasteiger charge is 2.22. The van der Waals surface area contributed by atoms with E-state index in [2.05, 4.69) is 20.7 Å². The van der Waals surface area contributed by atoms with E-state index in [0.29, 0.717) is 28.5 Å². The summed E-state index contributed by atoms with van der Waals surface area (Å²) >= 11 is 0. The molecule has 1 aliphatic carbocycles. The van der Waals surface area contributed by atoms with Crippen LogP contribution in [0.15, 0.2) is 17.2 Å². The first-order valence-electron chi connectivity index (χ1n) is 7.87. The van der Waals surface area contributed by atoms with Gasteiger partial charge in [0.2, 0.25) is 0 Å². The van der Waals surface area contributed by atoms with Crippen LogP contribution in [0.2, 0.25) is 0 Å².